The van der Waals surface area contributed by atoms with Crippen LogP contribution in [0.4, 0.5) is 13.2 Å². The Hall–Kier alpha value is -2.91. The Balaban J connectivity index is 1.77. The molecule has 3 rings (SSSR count). The summed E-state index contributed by atoms with van der Waals surface area (Å²) in [4.78, 5) is 49.4. The maximum Gasteiger partial charge on any atom is 0.416 e. The Morgan fingerprint density at radius 1 is 1.18 bits per heavy atom. The van der Waals surface area contributed by atoms with Crippen molar-refractivity contribution in [3.8, 4) is 0 Å². The number of alkyl halides is 3. The number of likely N-dealkylation sites (tertiary alicyclic amines) is 1. The van der Waals surface area contributed by atoms with E-state index in [9.17, 15) is 32.3 Å². The number of Topliss-reactive ketones (excluding diaryl/α,β-unsaturated/α-hetero) is 1. The van der Waals surface area contributed by atoms with Gasteiger partial charge in [-0.1, -0.05) is 12.1 Å². The van der Waals surface area contributed by atoms with Crippen molar-refractivity contribution < 1.29 is 37.5 Å². The molecule has 1 aliphatic heterocycles. The Labute approximate surface area is 157 Å². The molecule has 0 bridgehead atoms. The third-order valence-corrected chi connectivity index (χ3v) is 5.02. The first-order chi connectivity index (χ1) is 13.0. The molecule has 7 nitrogen and oxygen atoms in total. The largest absolute Gasteiger partial charge is 0.480 e. The molecule has 150 valence electrons. The number of hydrogen-bond acceptors (Lipinski definition) is 4. The lowest BCUT2D eigenvalue weighted by Crippen LogP contribution is -2.56. The molecule has 2 aliphatic rings. The highest BCUT2D eigenvalue weighted by Crippen LogP contribution is 2.51. The topological polar surface area (TPSA) is 104 Å². The summed E-state index contributed by atoms with van der Waals surface area (Å²) in [6, 6.07) is 4.29. The van der Waals surface area contributed by atoms with Crippen molar-refractivity contribution in [1.29, 1.82) is 0 Å². The summed E-state index contributed by atoms with van der Waals surface area (Å²) in [7, 11) is 0. The zero-order valence-corrected chi connectivity index (χ0v) is 14.6. The third-order valence-electron chi connectivity index (χ3n) is 5.02. The van der Waals surface area contributed by atoms with Crippen LogP contribution in [-0.2, 0) is 31.9 Å². The van der Waals surface area contributed by atoms with Crippen molar-refractivity contribution >= 4 is 23.6 Å². The number of carboxylic acids is 1. The summed E-state index contributed by atoms with van der Waals surface area (Å²) in [6.07, 6.45) is -3.46. The second kappa shape index (κ2) is 6.92. The Kier molecular flexibility index (Phi) is 4.90. The summed E-state index contributed by atoms with van der Waals surface area (Å²) in [5, 5.41) is 10.7. The fourth-order valence-electron chi connectivity index (χ4n) is 3.33. The molecular formula is C18H17F3N2O5. The molecule has 1 atom stereocenters. The molecule has 1 spiro atoms. The van der Waals surface area contributed by atoms with E-state index in [1.165, 1.54) is 17.0 Å². The summed E-state index contributed by atoms with van der Waals surface area (Å²) < 4.78 is 38.0. The molecule has 1 saturated heterocycles. The number of carbonyl (C=O) groups is 4. The van der Waals surface area contributed by atoms with Crippen LogP contribution >= 0.6 is 0 Å². The average Bonchev–Trinajstić information content (AvgIpc) is 3.38. The number of carbonyl (C=O) groups excluding carboxylic acids is 3. The molecule has 1 aliphatic carbocycles. The highest BCUT2D eigenvalue weighted by Gasteiger charge is 2.60. The number of nitrogens with one attached hydrogen (secondary N) is 1. The van der Waals surface area contributed by atoms with Crippen LogP contribution in [0.15, 0.2) is 24.3 Å². The molecule has 0 radical (unpaired) electrons. The number of benzene rings is 1. The molecule has 1 unspecified atom stereocenters. The molecule has 2 fully saturated rings. The lowest BCUT2D eigenvalue weighted by Gasteiger charge is -2.36. The van der Waals surface area contributed by atoms with Gasteiger partial charge in [0.15, 0.2) is 11.7 Å². The second-order valence-corrected chi connectivity index (χ2v) is 7.08. The molecule has 1 heterocycles. The van der Waals surface area contributed by atoms with Crippen LogP contribution < -0.4 is 5.32 Å². The summed E-state index contributed by atoms with van der Waals surface area (Å²) in [5.74, 6) is -5.22. The van der Waals surface area contributed by atoms with Gasteiger partial charge in [0.25, 0.3) is 0 Å². The van der Waals surface area contributed by atoms with Crippen molar-refractivity contribution in [2.45, 2.75) is 25.6 Å². The van der Waals surface area contributed by atoms with Gasteiger partial charge in [-0.25, -0.2) is 0 Å². The van der Waals surface area contributed by atoms with Crippen LogP contribution in [0.25, 0.3) is 0 Å². The first kappa shape index (κ1) is 19.8. The van der Waals surface area contributed by atoms with Crippen LogP contribution in [0.3, 0.4) is 0 Å². The highest BCUT2D eigenvalue weighted by atomic mass is 19.4. The van der Waals surface area contributed by atoms with E-state index in [0.29, 0.717) is 18.4 Å². The van der Waals surface area contributed by atoms with E-state index in [-0.39, 0.29) is 13.1 Å². The fourth-order valence-corrected chi connectivity index (χ4v) is 3.33. The third kappa shape index (κ3) is 3.85. The van der Waals surface area contributed by atoms with Crippen LogP contribution in [0, 0.1) is 11.3 Å². The van der Waals surface area contributed by atoms with Crippen molar-refractivity contribution in [2.75, 3.05) is 13.1 Å². The minimum absolute atomic E-state index is 0.0469. The molecule has 2 amide bonds. The molecule has 1 aromatic carbocycles. The van der Waals surface area contributed by atoms with Crippen molar-refractivity contribution in [3.63, 3.8) is 0 Å². The number of piperidine rings is 1. The monoisotopic (exact) mass is 398 g/mol. The number of hydrogen-bond donors (Lipinski definition) is 2. The second-order valence-electron chi connectivity index (χ2n) is 7.08. The molecule has 1 saturated carbocycles. The Morgan fingerprint density at radius 3 is 2.29 bits per heavy atom. The van der Waals surface area contributed by atoms with Crippen LogP contribution in [0.1, 0.15) is 24.0 Å². The van der Waals surface area contributed by atoms with E-state index in [1.807, 2.05) is 0 Å². The molecule has 28 heavy (non-hydrogen) atoms. The standard InChI is InChI=1S/C18H17F3N2O5/c19-18(20,21)11-3-1-10(2-4-11)8-23-9-17(5-6-17)14(26)13(16(23)28)15(27)22-7-12(24)25/h1-4,13H,5-9H2,(H,22,27)(H,24,25). The summed E-state index contributed by atoms with van der Waals surface area (Å²) in [6.45, 7) is -0.676. The zero-order chi connectivity index (χ0) is 20.7. The van der Waals surface area contributed by atoms with Crippen LogP contribution in [-0.4, -0.2) is 46.7 Å². The van der Waals surface area contributed by atoms with Gasteiger partial charge in [-0.05, 0) is 30.5 Å². The number of ketones is 1. The predicted molar refractivity (Wildman–Crippen MR) is 87.7 cm³/mol. The quantitative estimate of drug-likeness (QED) is 0.726. The molecule has 10 heteroatoms. The van der Waals surface area contributed by atoms with E-state index >= 15 is 0 Å². The number of amides is 2. The molecule has 2 N–H and O–H groups in total. The Morgan fingerprint density at radius 2 is 1.79 bits per heavy atom. The van der Waals surface area contributed by atoms with Crippen LogP contribution in [0.2, 0.25) is 0 Å². The van der Waals surface area contributed by atoms with E-state index in [1.54, 1.807) is 0 Å². The summed E-state index contributed by atoms with van der Waals surface area (Å²) >= 11 is 0. The lowest BCUT2D eigenvalue weighted by atomic mass is 9.83. The van der Waals surface area contributed by atoms with Gasteiger partial charge in [0, 0.05) is 18.5 Å². The summed E-state index contributed by atoms with van der Waals surface area (Å²) in [5.41, 5.74) is -1.22. The van der Waals surface area contributed by atoms with Gasteiger partial charge < -0.3 is 15.3 Å². The SMILES string of the molecule is O=C(O)CNC(=O)C1C(=O)N(Cc2ccc(C(F)(F)F)cc2)CC2(CC2)C1=O. The number of nitrogens with zero attached hydrogens (tertiary/aromatic N) is 1. The van der Waals surface area contributed by atoms with E-state index in [4.69, 9.17) is 5.11 Å². The van der Waals surface area contributed by atoms with Gasteiger partial charge in [0.2, 0.25) is 11.8 Å². The first-order valence-electron chi connectivity index (χ1n) is 8.52. The number of aliphatic carboxylic acids is 1. The highest BCUT2D eigenvalue weighted by molar-refractivity contribution is 6.21. The van der Waals surface area contributed by atoms with E-state index in [0.717, 1.165) is 12.1 Å². The molecular weight excluding hydrogens is 381 g/mol. The fraction of sp³-hybridized carbons (Fsp3) is 0.444. The maximum atomic E-state index is 12.7. The normalized spacial score (nSPS) is 21.0. The van der Waals surface area contributed by atoms with Gasteiger partial charge in [-0.2, -0.15) is 13.2 Å². The van der Waals surface area contributed by atoms with E-state index in [2.05, 4.69) is 5.32 Å². The predicted octanol–water partition coefficient (Wildman–Crippen LogP) is 1.21. The lowest BCUT2D eigenvalue weighted by molar-refractivity contribution is -0.156. The number of carboxylic acid groups (broad SMARTS) is 1. The minimum Gasteiger partial charge on any atom is -0.480 e. The first-order valence-corrected chi connectivity index (χ1v) is 8.52. The van der Waals surface area contributed by atoms with Gasteiger partial charge in [0.1, 0.15) is 6.54 Å². The van der Waals surface area contributed by atoms with Crippen molar-refractivity contribution in [2.24, 2.45) is 11.3 Å². The van der Waals surface area contributed by atoms with Gasteiger partial charge >= 0.3 is 12.1 Å². The van der Waals surface area contributed by atoms with Crippen molar-refractivity contribution in [1.82, 2.24) is 10.2 Å². The number of rotatable bonds is 5. The van der Waals surface area contributed by atoms with E-state index < -0.39 is 53.2 Å². The van der Waals surface area contributed by atoms with Gasteiger partial charge in [0.05, 0.1) is 5.56 Å². The van der Waals surface area contributed by atoms with Crippen molar-refractivity contribution in [3.05, 3.63) is 35.4 Å². The molecule has 1 aromatic rings. The number of halogens is 3. The molecule has 0 aromatic heterocycles. The minimum atomic E-state index is -4.47. The van der Waals surface area contributed by atoms with Gasteiger partial charge in [-0.3, -0.25) is 19.2 Å². The smallest absolute Gasteiger partial charge is 0.416 e. The van der Waals surface area contributed by atoms with Gasteiger partial charge in [-0.15, -0.1) is 0 Å². The average molecular weight is 398 g/mol. The maximum absolute atomic E-state index is 12.7. The Bertz CT molecular complexity index is 831. The zero-order valence-electron chi connectivity index (χ0n) is 14.6. The van der Waals surface area contributed by atoms with Crippen LogP contribution in [0.5, 0.6) is 0 Å².